The van der Waals surface area contributed by atoms with Gasteiger partial charge >= 0.3 is 0 Å². The summed E-state index contributed by atoms with van der Waals surface area (Å²) in [5.41, 5.74) is 3.93. The van der Waals surface area contributed by atoms with Crippen molar-refractivity contribution in [1.82, 2.24) is 19.3 Å². The van der Waals surface area contributed by atoms with E-state index in [4.69, 9.17) is 4.98 Å². The summed E-state index contributed by atoms with van der Waals surface area (Å²) in [6, 6.07) is 13.8. The minimum Gasteiger partial charge on any atom is -0.337 e. The fourth-order valence-electron chi connectivity index (χ4n) is 4.31. The maximum absolute atomic E-state index is 12.9. The van der Waals surface area contributed by atoms with Crippen LogP contribution in [0.1, 0.15) is 47.4 Å². The van der Waals surface area contributed by atoms with E-state index >= 15 is 0 Å². The molecule has 1 atom stereocenters. The zero-order valence-electron chi connectivity index (χ0n) is 17.5. The highest BCUT2D eigenvalue weighted by atomic mass is 32.1. The molecule has 0 radical (unpaired) electrons. The third-order valence-electron chi connectivity index (χ3n) is 5.91. The molecule has 7 heteroatoms. The lowest BCUT2D eigenvalue weighted by Crippen LogP contribution is -2.39. The van der Waals surface area contributed by atoms with Gasteiger partial charge in [-0.05, 0) is 43.0 Å². The van der Waals surface area contributed by atoms with E-state index < -0.39 is 0 Å². The summed E-state index contributed by atoms with van der Waals surface area (Å²) in [4.78, 5) is 25.3. The number of rotatable bonds is 5. The fraction of sp³-hybridized carbons (Fsp3) is 0.292. The van der Waals surface area contributed by atoms with Crippen molar-refractivity contribution in [3.8, 4) is 0 Å². The Labute approximate surface area is 185 Å². The average Bonchev–Trinajstić information content (AvgIpc) is 3.43. The van der Waals surface area contributed by atoms with Crippen molar-refractivity contribution in [3.63, 3.8) is 0 Å². The molecule has 4 heterocycles. The Morgan fingerprint density at radius 1 is 1.23 bits per heavy atom. The summed E-state index contributed by atoms with van der Waals surface area (Å²) in [7, 11) is 0. The fourth-order valence-corrected chi connectivity index (χ4v) is 5.21. The number of carbonyl (C=O) groups is 1. The van der Waals surface area contributed by atoms with E-state index in [1.165, 1.54) is 5.56 Å². The lowest BCUT2D eigenvalue weighted by atomic mass is 9.95. The number of para-hydroxylation sites is 1. The van der Waals surface area contributed by atoms with Gasteiger partial charge in [0.15, 0.2) is 0 Å². The molecule has 31 heavy (non-hydrogen) atoms. The number of amides is 1. The number of carbonyl (C=O) groups excluding carboxylic acids is 1. The molecule has 1 aliphatic rings. The smallest absolute Gasteiger partial charge is 0.272 e. The van der Waals surface area contributed by atoms with Crippen LogP contribution >= 0.6 is 11.3 Å². The molecular weight excluding hydrogens is 406 g/mol. The molecule has 0 aliphatic carbocycles. The molecule has 1 saturated heterocycles. The first-order chi connectivity index (χ1) is 15.2. The number of thiazole rings is 1. The first-order valence-corrected chi connectivity index (χ1v) is 11.6. The van der Waals surface area contributed by atoms with Crippen LogP contribution in [-0.4, -0.2) is 38.3 Å². The molecule has 1 N–H and O–H groups in total. The number of nitrogens with zero attached hydrogens (tertiary/aromatic N) is 4. The molecular formula is C24H25N5OS. The number of hydrogen-bond acceptors (Lipinski definition) is 5. The second kappa shape index (κ2) is 8.51. The van der Waals surface area contributed by atoms with Crippen LogP contribution in [0.15, 0.2) is 60.2 Å². The van der Waals surface area contributed by atoms with Gasteiger partial charge in [0.2, 0.25) is 5.95 Å². The number of aromatic nitrogens is 3. The molecule has 0 saturated carbocycles. The lowest BCUT2D eigenvalue weighted by Gasteiger charge is -2.31. The van der Waals surface area contributed by atoms with E-state index in [0.29, 0.717) is 12.2 Å². The van der Waals surface area contributed by atoms with Crippen molar-refractivity contribution in [3.05, 3.63) is 77.2 Å². The van der Waals surface area contributed by atoms with Crippen LogP contribution in [-0.2, 0) is 6.42 Å². The normalized spacial score (nSPS) is 16.5. The van der Waals surface area contributed by atoms with Gasteiger partial charge in [0.05, 0.1) is 5.69 Å². The summed E-state index contributed by atoms with van der Waals surface area (Å²) < 4.78 is 2.13. The standard InChI is InChI=1S/C24H25N5OS/c1-2-17-8-3-4-10-19(17)26-24-27-21(23-29(24)14-15-31-23)18-9-7-13-28(16-18)22(30)20-11-5-6-12-25-20/h3-6,8,10-12,14-15,18H,2,7,9,13,16H2,1H3,(H,26,27)/t18-/m1/s1. The summed E-state index contributed by atoms with van der Waals surface area (Å²) >= 11 is 1.70. The molecule has 6 nitrogen and oxygen atoms in total. The van der Waals surface area contributed by atoms with Crippen molar-refractivity contribution in [2.75, 3.05) is 18.4 Å². The van der Waals surface area contributed by atoms with Gasteiger partial charge in [0.1, 0.15) is 10.5 Å². The quantitative estimate of drug-likeness (QED) is 0.477. The van der Waals surface area contributed by atoms with Crippen molar-refractivity contribution < 1.29 is 4.79 Å². The van der Waals surface area contributed by atoms with E-state index in [2.05, 4.69) is 51.4 Å². The monoisotopic (exact) mass is 431 g/mol. The topological polar surface area (TPSA) is 62.5 Å². The molecule has 5 rings (SSSR count). The van der Waals surface area contributed by atoms with Crippen LogP contribution in [0.3, 0.4) is 0 Å². The average molecular weight is 432 g/mol. The van der Waals surface area contributed by atoms with Gasteiger partial charge in [0.25, 0.3) is 5.91 Å². The van der Waals surface area contributed by atoms with Crippen LogP contribution in [0.25, 0.3) is 4.83 Å². The molecule has 1 aliphatic heterocycles. The first kappa shape index (κ1) is 19.8. The summed E-state index contributed by atoms with van der Waals surface area (Å²) in [6.07, 6.45) is 6.69. The van der Waals surface area contributed by atoms with Crippen molar-refractivity contribution in [2.24, 2.45) is 0 Å². The number of likely N-dealkylation sites (tertiary alicyclic amines) is 1. The highest BCUT2D eigenvalue weighted by molar-refractivity contribution is 7.15. The number of nitrogens with one attached hydrogen (secondary N) is 1. The van der Waals surface area contributed by atoms with E-state index in [9.17, 15) is 4.79 Å². The second-order valence-electron chi connectivity index (χ2n) is 7.84. The number of piperidine rings is 1. The first-order valence-electron chi connectivity index (χ1n) is 10.7. The molecule has 158 valence electrons. The molecule has 0 spiro atoms. The Morgan fingerprint density at radius 3 is 2.94 bits per heavy atom. The molecule has 1 fully saturated rings. The molecule has 4 aromatic rings. The molecule has 1 amide bonds. The number of hydrogen-bond donors (Lipinski definition) is 1. The van der Waals surface area contributed by atoms with Gasteiger partial charge in [0, 0.05) is 42.5 Å². The van der Waals surface area contributed by atoms with Gasteiger partial charge < -0.3 is 10.2 Å². The van der Waals surface area contributed by atoms with Crippen LogP contribution < -0.4 is 5.32 Å². The molecule has 0 bridgehead atoms. The Hall–Kier alpha value is -3.19. The Kier molecular flexibility index (Phi) is 5.42. The Bertz CT molecular complexity index is 1200. The van der Waals surface area contributed by atoms with E-state index in [1.54, 1.807) is 23.6 Å². The third-order valence-corrected chi connectivity index (χ3v) is 6.79. The maximum atomic E-state index is 12.9. The van der Waals surface area contributed by atoms with Crippen molar-refractivity contribution in [1.29, 1.82) is 0 Å². The largest absolute Gasteiger partial charge is 0.337 e. The van der Waals surface area contributed by atoms with Gasteiger partial charge in [-0.2, -0.15) is 0 Å². The highest BCUT2D eigenvalue weighted by Crippen LogP contribution is 2.34. The van der Waals surface area contributed by atoms with Crippen LogP contribution in [0.2, 0.25) is 0 Å². The van der Waals surface area contributed by atoms with Crippen LogP contribution in [0.5, 0.6) is 0 Å². The second-order valence-corrected chi connectivity index (χ2v) is 8.73. The molecule has 0 unspecified atom stereocenters. The Balaban J connectivity index is 1.43. The number of pyridine rings is 1. The Morgan fingerprint density at radius 2 is 2.10 bits per heavy atom. The number of imidazole rings is 1. The van der Waals surface area contributed by atoms with Gasteiger partial charge in [-0.25, -0.2) is 4.98 Å². The minimum absolute atomic E-state index is 0.00199. The minimum atomic E-state index is 0.00199. The number of fused-ring (bicyclic) bond motifs is 1. The van der Waals surface area contributed by atoms with E-state index in [-0.39, 0.29) is 11.8 Å². The van der Waals surface area contributed by atoms with Crippen LogP contribution in [0, 0.1) is 0 Å². The lowest BCUT2D eigenvalue weighted by molar-refractivity contribution is 0.0700. The van der Waals surface area contributed by atoms with Gasteiger partial charge in [-0.3, -0.25) is 14.2 Å². The van der Waals surface area contributed by atoms with Gasteiger partial charge in [-0.15, -0.1) is 11.3 Å². The van der Waals surface area contributed by atoms with E-state index in [1.807, 2.05) is 23.1 Å². The van der Waals surface area contributed by atoms with Gasteiger partial charge in [-0.1, -0.05) is 31.2 Å². The third kappa shape index (κ3) is 3.81. The predicted molar refractivity (Wildman–Crippen MR) is 124 cm³/mol. The van der Waals surface area contributed by atoms with Crippen LogP contribution in [0.4, 0.5) is 11.6 Å². The summed E-state index contributed by atoms with van der Waals surface area (Å²) in [6.45, 7) is 3.60. The SMILES string of the molecule is CCc1ccccc1Nc1nc([C@@H]2CCCN(C(=O)c3ccccn3)C2)c2sccn12. The summed E-state index contributed by atoms with van der Waals surface area (Å²) in [5, 5.41) is 5.63. The van der Waals surface area contributed by atoms with E-state index in [0.717, 1.165) is 48.0 Å². The van der Waals surface area contributed by atoms with Crippen molar-refractivity contribution >= 4 is 33.7 Å². The maximum Gasteiger partial charge on any atom is 0.272 e. The number of benzene rings is 1. The number of anilines is 2. The highest BCUT2D eigenvalue weighted by Gasteiger charge is 2.29. The summed E-state index contributed by atoms with van der Waals surface area (Å²) in [5.74, 6) is 1.05. The predicted octanol–water partition coefficient (Wildman–Crippen LogP) is 5.12. The van der Waals surface area contributed by atoms with Crippen molar-refractivity contribution in [2.45, 2.75) is 32.1 Å². The zero-order chi connectivity index (χ0) is 21.2. The zero-order valence-corrected chi connectivity index (χ0v) is 18.3. The molecule has 3 aromatic heterocycles. The number of aryl methyl sites for hydroxylation is 1. The molecule has 1 aromatic carbocycles.